The standard InChI is InChI=1S/C14H23N3O5S/c1-2-16-4-5-17(12(20)11(16)19)13(21)15-9-14(22-7-6-18)3-8-23-10-14/h18H,2-10H2,1H3,(H,15,21). The second kappa shape index (κ2) is 7.98. The van der Waals surface area contributed by atoms with E-state index in [1.165, 1.54) is 4.90 Å². The molecule has 2 N–H and O–H groups in total. The zero-order chi connectivity index (χ0) is 16.9. The van der Waals surface area contributed by atoms with E-state index < -0.39 is 23.4 Å². The number of piperazine rings is 1. The third kappa shape index (κ3) is 4.15. The number of nitrogens with zero attached hydrogens (tertiary/aromatic N) is 2. The van der Waals surface area contributed by atoms with Crippen LogP contribution in [0.4, 0.5) is 4.79 Å². The molecule has 0 aromatic carbocycles. The van der Waals surface area contributed by atoms with Gasteiger partial charge in [-0.05, 0) is 19.1 Å². The van der Waals surface area contributed by atoms with E-state index in [4.69, 9.17) is 9.84 Å². The molecule has 0 radical (unpaired) electrons. The predicted octanol–water partition coefficient (Wildman–Crippen LogP) is -0.729. The molecule has 0 spiro atoms. The van der Waals surface area contributed by atoms with Crippen LogP contribution in [0.25, 0.3) is 0 Å². The van der Waals surface area contributed by atoms with Crippen LogP contribution in [0.5, 0.6) is 0 Å². The Bertz CT molecular complexity index is 467. The fourth-order valence-electron chi connectivity index (χ4n) is 2.66. The number of carbonyl (C=O) groups is 3. The summed E-state index contributed by atoms with van der Waals surface area (Å²) in [7, 11) is 0. The van der Waals surface area contributed by atoms with Crippen LogP contribution in [0.2, 0.25) is 0 Å². The molecule has 8 nitrogen and oxygen atoms in total. The number of aliphatic hydroxyl groups is 1. The lowest BCUT2D eigenvalue weighted by atomic mass is 10.0. The minimum absolute atomic E-state index is 0.0771. The Labute approximate surface area is 139 Å². The van der Waals surface area contributed by atoms with Crippen LogP contribution in [0.15, 0.2) is 0 Å². The number of nitrogens with one attached hydrogen (secondary N) is 1. The van der Waals surface area contributed by atoms with Gasteiger partial charge in [-0.25, -0.2) is 4.79 Å². The fraction of sp³-hybridized carbons (Fsp3) is 0.786. The summed E-state index contributed by atoms with van der Waals surface area (Å²) in [4.78, 5) is 38.4. The number of ether oxygens (including phenoxy) is 1. The second-order valence-electron chi connectivity index (χ2n) is 5.56. The first-order chi connectivity index (χ1) is 11.0. The van der Waals surface area contributed by atoms with Crippen molar-refractivity contribution in [2.75, 3.05) is 50.9 Å². The van der Waals surface area contributed by atoms with Crippen LogP contribution < -0.4 is 5.32 Å². The van der Waals surface area contributed by atoms with E-state index in [1.807, 2.05) is 0 Å². The minimum Gasteiger partial charge on any atom is -0.394 e. The molecule has 0 bridgehead atoms. The van der Waals surface area contributed by atoms with Gasteiger partial charge in [0.25, 0.3) is 0 Å². The maximum absolute atomic E-state index is 12.2. The Hall–Kier alpha value is -1.32. The van der Waals surface area contributed by atoms with Crippen molar-refractivity contribution in [2.24, 2.45) is 0 Å². The van der Waals surface area contributed by atoms with E-state index >= 15 is 0 Å². The molecule has 0 aromatic rings. The number of aliphatic hydroxyl groups excluding tert-OH is 1. The smallest absolute Gasteiger partial charge is 0.324 e. The quantitative estimate of drug-likeness (QED) is 0.616. The molecule has 2 rings (SSSR count). The van der Waals surface area contributed by atoms with Gasteiger partial charge in [0.15, 0.2) is 0 Å². The largest absolute Gasteiger partial charge is 0.394 e. The molecular weight excluding hydrogens is 322 g/mol. The van der Waals surface area contributed by atoms with E-state index in [-0.39, 0.29) is 26.3 Å². The first-order valence-electron chi connectivity index (χ1n) is 7.74. The number of imide groups is 1. The van der Waals surface area contributed by atoms with Gasteiger partial charge in [0.1, 0.15) is 0 Å². The molecule has 0 saturated carbocycles. The summed E-state index contributed by atoms with van der Waals surface area (Å²) in [5, 5.41) is 11.6. The average Bonchev–Trinajstić information content (AvgIpc) is 3.02. The van der Waals surface area contributed by atoms with Crippen LogP contribution in [0.3, 0.4) is 0 Å². The number of urea groups is 1. The maximum atomic E-state index is 12.2. The Morgan fingerprint density at radius 3 is 2.78 bits per heavy atom. The van der Waals surface area contributed by atoms with E-state index in [2.05, 4.69) is 5.32 Å². The molecule has 2 fully saturated rings. The first-order valence-corrected chi connectivity index (χ1v) is 8.89. The van der Waals surface area contributed by atoms with Gasteiger partial charge in [-0.15, -0.1) is 0 Å². The van der Waals surface area contributed by atoms with Crippen molar-refractivity contribution in [1.29, 1.82) is 0 Å². The highest BCUT2D eigenvalue weighted by Gasteiger charge is 2.39. The number of thioether (sulfide) groups is 1. The van der Waals surface area contributed by atoms with Crippen molar-refractivity contribution in [3.8, 4) is 0 Å². The lowest BCUT2D eigenvalue weighted by Gasteiger charge is -2.33. The number of carbonyl (C=O) groups excluding carboxylic acids is 3. The zero-order valence-corrected chi connectivity index (χ0v) is 14.1. The van der Waals surface area contributed by atoms with E-state index in [1.54, 1.807) is 18.7 Å². The summed E-state index contributed by atoms with van der Waals surface area (Å²) in [6.45, 7) is 3.19. The third-order valence-corrected chi connectivity index (χ3v) is 5.29. The van der Waals surface area contributed by atoms with Crippen molar-refractivity contribution in [2.45, 2.75) is 18.9 Å². The maximum Gasteiger partial charge on any atom is 0.324 e. The Kier molecular flexibility index (Phi) is 6.25. The van der Waals surface area contributed by atoms with Crippen LogP contribution in [-0.2, 0) is 14.3 Å². The molecule has 1 unspecified atom stereocenters. The van der Waals surface area contributed by atoms with Gasteiger partial charge in [0, 0.05) is 31.9 Å². The molecule has 2 saturated heterocycles. The van der Waals surface area contributed by atoms with Gasteiger partial charge in [-0.1, -0.05) is 0 Å². The Morgan fingerprint density at radius 1 is 1.39 bits per heavy atom. The van der Waals surface area contributed by atoms with Crippen molar-refractivity contribution in [1.82, 2.24) is 15.1 Å². The predicted molar refractivity (Wildman–Crippen MR) is 85.1 cm³/mol. The van der Waals surface area contributed by atoms with Crippen molar-refractivity contribution in [3.63, 3.8) is 0 Å². The van der Waals surface area contributed by atoms with Crippen molar-refractivity contribution < 1.29 is 24.2 Å². The number of hydrogen-bond donors (Lipinski definition) is 2. The van der Waals surface area contributed by atoms with Gasteiger partial charge in [-0.2, -0.15) is 11.8 Å². The van der Waals surface area contributed by atoms with Crippen LogP contribution >= 0.6 is 11.8 Å². The molecule has 2 aliphatic rings. The average molecular weight is 345 g/mol. The fourth-order valence-corrected chi connectivity index (χ4v) is 4.02. The molecule has 0 aromatic heterocycles. The van der Waals surface area contributed by atoms with Crippen LogP contribution in [0.1, 0.15) is 13.3 Å². The minimum atomic E-state index is -0.790. The summed E-state index contributed by atoms with van der Waals surface area (Å²) < 4.78 is 5.70. The van der Waals surface area contributed by atoms with Gasteiger partial charge in [-0.3, -0.25) is 14.5 Å². The topological polar surface area (TPSA) is 99.2 Å². The number of amides is 4. The monoisotopic (exact) mass is 345 g/mol. The summed E-state index contributed by atoms with van der Waals surface area (Å²) in [5.41, 5.74) is -0.513. The zero-order valence-electron chi connectivity index (χ0n) is 13.2. The van der Waals surface area contributed by atoms with Gasteiger partial charge < -0.3 is 20.1 Å². The van der Waals surface area contributed by atoms with Crippen molar-refractivity contribution >= 4 is 29.6 Å². The highest BCUT2D eigenvalue weighted by molar-refractivity contribution is 7.99. The van der Waals surface area contributed by atoms with E-state index in [0.717, 1.165) is 22.8 Å². The van der Waals surface area contributed by atoms with E-state index in [9.17, 15) is 14.4 Å². The summed E-state index contributed by atoms with van der Waals surface area (Å²) in [5.74, 6) is 0.218. The SMILES string of the molecule is CCN1CCN(C(=O)NCC2(OCCO)CCSC2)C(=O)C1=O. The lowest BCUT2D eigenvalue weighted by Crippen LogP contribution is -2.59. The normalized spacial score (nSPS) is 25.1. The second-order valence-corrected chi connectivity index (χ2v) is 6.66. The lowest BCUT2D eigenvalue weighted by molar-refractivity contribution is -0.153. The summed E-state index contributed by atoms with van der Waals surface area (Å²) in [6.07, 6.45) is 0.772. The highest BCUT2D eigenvalue weighted by atomic mass is 32.2. The Morgan fingerprint density at radius 2 is 2.17 bits per heavy atom. The van der Waals surface area contributed by atoms with Crippen LogP contribution in [-0.4, -0.2) is 89.3 Å². The number of rotatable bonds is 6. The Balaban J connectivity index is 1.91. The molecule has 2 aliphatic heterocycles. The molecule has 2 heterocycles. The van der Waals surface area contributed by atoms with Crippen LogP contribution in [0, 0.1) is 0 Å². The molecule has 0 aliphatic carbocycles. The van der Waals surface area contributed by atoms with Crippen molar-refractivity contribution in [3.05, 3.63) is 0 Å². The first kappa shape index (κ1) is 18.0. The van der Waals surface area contributed by atoms with Gasteiger partial charge in [0.05, 0.1) is 18.8 Å². The molecule has 130 valence electrons. The summed E-state index contributed by atoms with van der Waals surface area (Å²) >= 11 is 1.72. The van der Waals surface area contributed by atoms with E-state index in [0.29, 0.717) is 13.1 Å². The highest BCUT2D eigenvalue weighted by Crippen LogP contribution is 2.30. The molecule has 23 heavy (non-hydrogen) atoms. The molecule has 1 atom stereocenters. The number of hydrogen-bond acceptors (Lipinski definition) is 6. The molecule has 4 amide bonds. The van der Waals surface area contributed by atoms with Gasteiger partial charge in [0.2, 0.25) is 0 Å². The third-order valence-electron chi connectivity index (χ3n) is 4.06. The summed E-state index contributed by atoms with van der Waals surface area (Å²) in [6, 6.07) is -0.567. The molecular formula is C14H23N3O5S. The number of likely N-dealkylation sites (N-methyl/N-ethyl adjacent to an activating group) is 1. The molecule has 9 heteroatoms. The van der Waals surface area contributed by atoms with Gasteiger partial charge >= 0.3 is 17.8 Å².